The summed E-state index contributed by atoms with van der Waals surface area (Å²) in [7, 11) is 1.63. The first kappa shape index (κ1) is 21.4. The second-order valence-corrected chi connectivity index (χ2v) is 8.83. The molecule has 2 aromatic carbocycles. The number of ether oxygens (including phenoxy) is 1. The highest BCUT2D eigenvalue weighted by Crippen LogP contribution is 2.30. The van der Waals surface area contributed by atoms with E-state index in [0.717, 1.165) is 58.7 Å². The number of carbonyl (C=O) groups is 1. The van der Waals surface area contributed by atoms with Crippen molar-refractivity contribution in [2.75, 3.05) is 43.5 Å². The number of hydrogen-bond acceptors (Lipinski definition) is 7. The van der Waals surface area contributed by atoms with E-state index in [1.54, 1.807) is 24.6 Å². The van der Waals surface area contributed by atoms with Crippen molar-refractivity contribution >= 4 is 38.4 Å². The van der Waals surface area contributed by atoms with Crippen molar-refractivity contribution in [3.63, 3.8) is 0 Å². The quantitative estimate of drug-likeness (QED) is 0.466. The van der Waals surface area contributed by atoms with E-state index in [2.05, 4.69) is 20.1 Å². The topological polar surface area (TPSA) is 70.6 Å². The number of carbonyl (C=O) groups excluding carboxylic acids is 1. The number of pyridine rings is 1. The van der Waals surface area contributed by atoms with Crippen LogP contribution in [0.15, 0.2) is 72.9 Å². The maximum atomic E-state index is 13.4. The molecule has 1 aliphatic rings. The summed E-state index contributed by atoms with van der Waals surface area (Å²) in [5, 5.41) is 4.07. The van der Waals surface area contributed by atoms with Gasteiger partial charge in [0, 0.05) is 38.1 Å². The van der Waals surface area contributed by atoms with Crippen LogP contribution in [0.2, 0.25) is 0 Å². The van der Waals surface area contributed by atoms with Crippen LogP contribution in [0, 0.1) is 0 Å². The van der Waals surface area contributed by atoms with Gasteiger partial charge in [0.2, 0.25) is 5.91 Å². The van der Waals surface area contributed by atoms with Crippen LogP contribution in [0.1, 0.15) is 11.6 Å². The van der Waals surface area contributed by atoms with Crippen molar-refractivity contribution in [1.29, 1.82) is 0 Å². The fourth-order valence-corrected chi connectivity index (χ4v) is 5.07. The maximum Gasteiger partial charge on any atom is 0.246 e. The van der Waals surface area contributed by atoms with Crippen LogP contribution in [0.5, 0.6) is 5.75 Å². The van der Waals surface area contributed by atoms with E-state index in [1.165, 1.54) is 0 Å². The largest absolute Gasteiger partial charge is 0.497 e. The zero-order valence-corrected chi connectivity index (χ0v) is 19.2. The number of hydrogen-bond donors (Lipinski definition) is 1. The fourth-order valence-electron chi connectivity index (χ4n) is 4.11. The third-order valence-electron chi connectivity index (χ3n) is 5.83. The van der Waals surface area contributed by atoms with Crippen molar-refractivity contribution in [2.24, 2.45) is 0 Å². The maximum absolute atomic E-state index is 13.4. The molecule has 33 heavy (non-hydrogen) atoms. The minimum absolute atomic E-state index is 0.0380. The molecule has 0 aliphatic carbocycles. The average Bonchev–Trinajstić information content (AvgIpc) is 3.30. The first-order valence-electron chi connectivity index (χ1n) is 10.9. The molecule has 0 bridgehead atoms. The Morgan fingerprint density at radius 2 is 1.76 bits per heavy atom. The monoisotopic (exact) mass is 459 g/mol. The molecule has 2 aromatic heterocycles. The molecule has 1 amide bonds. The van der Waals surface area contributed by atoms with Crippen LogP contribution in [0.4, 0.5) is 10.8 Å². The summed E-state index contributed by atoms with van der Waals surface area (Å²) >= 11 is 1.62. The summed E-state index contributed by atoms with van der Waals surface area (Å²) in [4.78, 5) is 28.1. The van der Waals surface area contributed by atoms with Crippen molar-refractivity contribution < 1.29 is 9.53 Å². The second kappa shape index (κ2) is 9.56. The molecular weight excluding hydrogens is 434 g/mol. The molecule has 0 radical (unpaired) electrons. The van der Waals surface area contributed by atoms with Crippen molar-refractivity contribution in [3.05, 3.63) is 78.5 Å². The Morgan fingerprint density at radius 3 is 2.45 bits per heavy atom. The first-order chi connectivity index (χ1) is 16.2. The van der Waals surface area contributed by atoms with E-state index in [0.29, 0.717) is 0 Å². The van der Waals surface area contributed by atoms with Gasteiger partial charge in [0.1, 0.15) is 22.1 Å². The Hall–Kier alpha value is -3.49. The van der Waals surface area contributed by atoms with Crippen LogP contribution in [-0.2, 0) is 4.79 Å². The van der Waals surface area contributed by atoms with Crippen molar-refractivity contribution in [3.8, 4) is 5.75 Å². The zero-order valence-electron chi connectivity index (χ0n) is 18.3. The number of benzene rings is 2. The third-order valence-corrected chi connectivity index (χ3v) is 6.87. The van der Waals surface area contributed by atoms with Crippen LogP contribution in [0.3, 0.4) is 0 Å². The number of nitrogens with one attached hydrogen (secondary N) is 1. The minimum Gasteiger partial charge on any atom is -0.497 e. The number of methoxy groups -OCH3 is 1. The molecule has 1 N–H and O–H groups in total. The molecule has 5 rings (SSSR count). The summed E-state index contributed by atoms with van der Waals surface area (Å²) in [6.07, 6.45) is 1.80. The van der Waals surface area contributed by atoms with Crippen molar-refractivity contribution in [2.45, 2.75) is 6.04 Å². The number of fused-ring (bicyclic) bond motifs is 1. The molecule has 1 fully saturated rings. The van der Waals surface area contributed by atoms with E-state index < -0.39 is 0 Å². The molecule has 7 nitrogen and oxygen atoms in total. The Bertz CT molecular complexity index is 1190. The third kappa shape index (κ3) is 4.67. The van der Waals surface area contributed by atoms with Gasteiger partial charge in [-0.2, -0.15) is 0 Å². The van der Waals surface area contributed by atoms with Crippen LogP contribution >= 0.6 is 11.3 Å². The molecule has 3 heterocycles. The predicted octanol–water partition coefficient (Wildman–Crippen LogP) is 4.20. The molecule has 1 saturated heterocycles. The normalized spacial score (nSPS) is 15.4. The molecule has 1 atom stereocenters. The molecule has 4 aromatic rings. The summed E-state index contributed by atoms with van der Waals surface area (Å²) in [5.74, 6) is 0.720. The van der Waals surface area contributed by atoms with Gasteiger partial charge in [0.25, 0.3) is 0 Å². The van der Waals surface area contributed by atoms with E-state index >= 15 is 0 Å². The molecule has 1 aliphatic heterocycles. The lowest BCUT2D eigenvalue weighted by atomic mass is 10.0. The van der Waals surface area contributed by atoms with Gasteiger partial charge >= 0.3 is 0 Å². The van der Waals surface area contributed by atoms with Crippen LogP contribution in [0.25, 0.3) is 10.3 Å². The lowest BCUT2D eigenvalue weighted by Gasteiger charge is -2.38. The number of nitrogens with zero attached hydrogens (tertiary/aromatic N) is 4. The summed E-state index contributed by atoms with van der Waals surface area (Å²) in [5.41, 5.74) is 2.67. The highest BCUT2D eigenvalue weighted by atomic mass is 32.1. The van der Waals surface area contributed by atoms with Gasteiger partial charge in [-0.1, -0.05) is 41.7 Å². The van der Waals surface area contributed by atoms with Gasteiger partial charge in [-0.25, -0.2) is 9.97 Å². The average molecular weight is 460 g/mol. The Kier molecular flexibility index (Phi) is 6.19. The van der Waals surface area contributed by atoms with Crippen LogP contribution in [-0.4, -0.2) is 54.1 Å². The fraction of sp³-hybridized carbons (Fsp3) is 0.240. The zero-order chi connectivity index (χ0) is 22.6. The Balaban J connectivity index is 1.32. The summed E-state index contributed by atoms with van der Waals surface area (Å²) in [6, 6.07) is 20.9. The van der Waals surface area contributed by atoms with Gasteiger partial charge < -0.3 is 15.0 Å². The van der Waals surface area contributed by atoms with Gasteiger partial charge in [0.15, 0.2) is 5.13 Å². The number of thiazole rings is 1. The number of aromatic nitrogens is 2. The molecule has 0 spiro atoms. The lowest BCUT2D eigenvalue weighted by molar-refractivity contribution is -0.121. The highest BCUT2D eigenvalue weighted by molar-refractivity contribution is 7.21. The Morgan fingerprint density at radius 1 is 1.00 bits per heavy atom. The molecular formula is C25H25N5O2S. The number of anilines is 2. The Labute approximate surface area is 196 Å². The molecule has 8 heteroatoms. The summed E-state index contributed by atoms with van der Waals surface area (Å²) in [6.45, 7) is 3.13. The van der Waals surface area contributed by atoms with E-state index in [4.69, 9.17) is 9.72 Å². The van der Waals surface area contributed by atoms with Gasteiger partial charge in [0.05, 0.1) is 7.11 Å². The van der Waals surface area contributed by atoms with Crippen LogP contribution < -0.4 is 15.0 Å². The van der Waals surface area contributed by atoms with E-state index in [-0.39, 0.29) is 11.9 Å². The number of amides is 1. The standard InChI is InChI=1S/C25H25N5O2S/c1-32-20-11-9-19(10-12-20)27-23(31)22(18-6-3-2-4-7-18)29-14-16-30(17-15-29)25-28-21-8-5-13-26-24(21)33-25/h2-13,22H,14-17H2,1H3,(H,27,31)/t22-/m0/s1. The van der Waals surface area contributed by atoms with Gasteiger partial charge in [-0.3, -0.25) is 9.69 Å². The number of piperazine rings is 1. The highest BCUT2D eigenvalue weighted by Gasteiger charge is 2.31. The van der Waals surface area contributed by atoms with Crippen molar-refractivity contribution in [1.82, 2.24) is 14.9 Å². The smallest absolute Gasteiger partial charge is 0.246 e. The van der Waals surface area contributed by atoms with E-state index in [9.17, 15) is 4.79 Å². The van der Waals surface area contributed by atoms with Gasteiger partial charge in [-0.15, -0.1) is 0 Å². The first-order valence-corrected chi connectivity index (χ1v) is 11.7. The summed E-state index contributed by atoms with van der Waals surface area (Å²) < 4.78 is 5.22. The minimum atomic E-state index is -0.368. The second-order valence-electron chi connectivity index (χ2n) is 7.88. The van der Waals surface area contributed by atoms with Gasteiger partial charge in [-0.05, 0) is 42.0 Å². The molecule has 0 unspecified atom stereocenters. The lowest BCUT2D eigenvalue weighted by Crippen LogP contribution is -2.50. The van der Waals surface area contributed by atoms with E-state index in [1.807, 2.05) is 66.7 Å². The molecule has 168 valence electrons. The molecule has 0 saturated carbocycles. The number of rotatable bonds is 6. The predicted molar refractivity (Wildman–Crippen MR) is 132 cm³/mol. The SMILES string of the molecule is COc1ccc(NC(=O)[C@H](c2ccccc2)N2CCN(c3nc4cccnc4s3)CC2)cc1.